The molecule has 29 heavy (non-hydrogen) atoms. The van der Waals surface area contributed by atoms with Crippen LogP contribution in [0.3, 0.4) is 0 Å². The van der Waals surface area contributed by atoms with Gasteiger partial charge in [-0.3, -0.25) is 0 Å². The van der Waals surface area contributed by atoms with Crippen molar-refractivity contribution in [3.63, 3.8) is 0 Å². The minimum atomic E-state index is -0.400. The molecule has 0 aliphatic carbocycles. The van der Waals surface area contributed by atoms with E-state index in [1.54, 1.807) is 0 Å². The summed E-state index contributed by atoms with van der Waals surface area (Å²) in [6.45, 7) is 2.26. The number of hydrogen-bond donors (Lipinski definition) is 2. The minimum absolute atomic E-state index is 0.154. The van der Waals surface area contributed by atoms with Gasteiger partial charge in [0.1, 0.15) is 19.0 Å². The minimum Gasteiger partial charge on any atom is -0.490 e. The Morgan fingerprint density at radius 3 is 2.41 bits per heavy atom. The summed E-state index contributed by atoms with van der Waals surface area (Å²) in [6.07, 6.45) is 0. The van der Waals surface area contributed by atoms with Crippen molar-refractivity contribution in [3.05, 3.63) is 71.4 Å². The van der Waals surface area contributed by atoms with E-state index in [0.717, 1.165) is 17.0 Å². The number of ether oxygens (including phenoxy) is 2. The number of para-hydroxylation sites is 1. The van der Waals surface area contributed by atoms with E-state index < -0.39 is 5.97 Å². The Bertz CT molecular complexity index is 895. The number of benzene rings is 2. The monoisotopic (exact) mass is 411 g/mol. The Balaban J connectivity index is 1.69. The van der Waals surface area contributed by atoms with E-state index in [-0.39, 0.29) is 19.3 Å². The summed E-state index contributed by atoms with van der Waals surface area (Å²) in [4.78, 5) is 14.8. The predicted molar refractivity (Wildman–Crippen MR) is 118 cm³/mol. The SMILES string of the molecule is CC1=C(C(=O)OCCOc2ccccc2)C(c2ccc(N(C)C)cc2)NC(=S)N1. The van der Waals surface area contributed by atoms with Gasteiger partial charge in [-0.25, -0.2) is 4.79 Å². The molecule has 1 atom stereocenters. The van der Waals surface area contributed by atoms with Crippen LogP contribution >= 0.6 is 12.2 Å². The van der Waals surface area contributed by atoms with Crippen LogP contribution in [0.5, 0.6) is 5.75 Å². The number of esters is 1. The van der Waals surface area contributed by atoms with E-state index in [9.17, 15) is 4.79 Å². The topological polar surface area (TPSA) is 62.8 Å². The van der Waals surface area contributed by atoms with Gasteiger partial charge in [0.15, 0.2) is 5.11 Å². The molecular weight excluding hydrogens is 386 g/mol. The van der Waals surface area contributed by atoms with Crippen LogP contribution in [0, 0.1) is 0 Å². The first-order chi connectivity index (χ1) is 14.0. The first kappa shape index (κ1) is 20.7. The van der Waals surface area contributed by atoms with Crippen LogP contribution in [0.4, 0.5) is 5.69 Å². The molecule has 2 N–H and O–H groups in total. The summed E-state index contributed by atoms with van der Waals surface area (Å²) < 4.78 is 11.1. The van der Waals surface area contributed by atoms with E-state index in [1.165, 1.54) is 0 Å². The lowest BCUT2D eigenvalue weighted by Gasteiger charge is -2.30. The number of nitrogens with zero attached hydrogens (tertiary/aromatic N) is 1. The Morgan fingerprint density at radius 2 is 1.76 bits per heavy atom. The quantitative estimate of drug-likeness (QED) is 0.412. The highest BCUT2D eigenvalue weighted by atomic mass is 32.1. The van der Waals surface area contributed by atoms with Crippen molar-refractivity contribution in [1.29, 1.82) is 0 Å². The first-order valence-electron chi connectivity index (χ1n) is 9.36. The van der Waals surface area contributed by atoms with Gasteiger partial charge in [-0.15, -0.1) is 0 Å². The summed E-state index contributed by atoms with van der Waals surface area (Å²) in [7, 11) is 3.97. The fourth-order valence-corrected chi connectivity index (χ4v) is 3.34. The molecule has 0 aromatic heterocycles. The number of thiocarbonyl (C=S) groups is 1. The maximum absolute atomic E-state index is 12.8. The van der Waals surface area contributed by atoms with Crippen molar-refractivity contribution in [2.45, 2.75) is 13.0 Å². The van der Waals surface area contributed by atoms with E-state index in [0.29, 0.717) is 16.4 Å². The lowest BCUT2D eigenvalue weighted by atomic mass is 9.95. The fourth-order valence-electron chi connectivity index (χ4n) is 3.07. The van der Waals surface area contributed by atoms with Gasteiger partial charge in [0.25, 0.3) is 0 Å². The van der Waals surface area contributed by atoms with Gasteiger partial charge in [-0.05, 0) is 49.0 Å². The van der Waals surface area contributed by atoms with E-state index in [1.807, 2.05) is 80.5 Å². The molecule has 0 spiro atoms. The third kappa shape index (κ3) is 5.26. The van der Waals surface area contributed by atoms with E-state index in [4.69, 9.17) is 21.7 Å². The molecule has 1 aliphatic heterocycles. The highest BCUT2D eigenvalue weighted by molar-refractivity contribution is 7.80. The molecule has 0 radical (unpaired) electrons. The normalized spacial score (nSPS) is 16.0. The number of hydrogen-bond acceptors (Lipinski definition) is 5. The van der Waals surface area contributed by atoms with E-state index in [2.05, 4.69) is 10.6 Å². The van der Waals surface area contributed by atoms with Gasteiger partial charge in [-0.2, -0.15) is 0 Å². The molecule has 0 fully saturated rings. The van der Waals surface area contributed by atoms with Crippen LogP contribution in [0.1, 0.15) is 18.5 Å². The third-order valence-corrected chi connectivity index (χ3v) is 4.78. The maximum Gasteiger partial charge on any atom is 0.338 e. The number of rotatable bonds is 7. The zero-order valence-corrected chi connectivity index (χ0v) is 17.6. The van der Waals surface area contributed by atoms with Gasteiger partial charge in [0.05, 0.1) is 11.6 Å². The van der Waals surface area contributed by atoms with Crippen LogP contribution in [0.15, 0.2) is 65.9 Å². The Kier molecular flexibility index (Phi) is 6.72. The molecule has 2 aromatic carbocycles. The van der Waals surface area contributed by atoms with Crippen LogP contribution < -0.4 is 20.3 Å². The Hall–Kier alpha value is -3.06. The summed E-state index contributed by atoms with van der Waals surface area (Å²) in [6, 6.07) is 17.0. The smallest absolute Gasteiger partial charge is 0.338 e. The van der Waals surface area contributed by atoms with Gasteiger partial charge in [0, 0.05) is 25.5 Å². The van der Waals surface area contributed by atoms with Crippen LogP contribution in [0.2, 0.25) is 0 Å². The second kappa shape index (κ2) is 9.43. The zero-order valence-electron chi connectivity index (χ0n) is 16.8. The average molecular weight is 412 g/mol. The van der Waals surface area contributed by atoms with Gasteiger partial charge < -0.3 is 25.0 Å². The molecule has 1 aliphatic rings. The molecule has 0 bridgehead atoms. The molecule has 0 amide bonds. The molecule has 1 unspecified atom stereocenters. The molecule has 7 heteroatoms. The van der Waals surface area contributed by atoms with Crippen LogP contribution in [-0.2, 0) is 9.53 Å². The average Bonchev–Trinajstić information content (AvgIpc) is 2.71. The van der Waals surface area contributed by atoms with Crippen molar-refractivity contribution in [3.8, 4) is 5.75 Å². The molecule has 6 nitrogen and oxygen atoms in total. The highest BCUT2D eigenvalue weighted by Gasteiger charge is 2.31. The number of carbonyl (C=O) groups excluding carboxylic acids is 1. The van der Waals surface area contributed by atoms with Crippen LogP contribution in [-0.4, -0.2) is 38.4 Å². The molecule has 3 rings (SSSR count). The molecule has 2 aromatic rings. The molecule has 1 heterocycles. The number of nitrogens with one attached hydrogen (secondary N) is 2. The first-order valence-corrected chi connectivity index (χ1v) is 9.77. The number of anilines is 1. The van der Waals surface area contributed by atoms with Gasteiger partial charge in [-0.1, -0.05) is 30.3 Å². The van der Waals surface area contributed by atoms with Crippen molar-refractivity contribution in [2.24, 2.45) is 0 Å². The highest BCUT2D eigenvalue weighted by Crippen LogP contribution is 2.28. The van der Waals surface area contributed by atoms with Crippen molar-refractivity contribution in [1.82, 2.24) is 10.6 Å². The molecular formula is C22H25N3O3S. The predicted octanol–water partition coefficient (Wildman–Crippen LogP) is 3.17. The Morgan fingerprint density at radius 1 is 1.07 bits per heavy atom. The summed E-state index contributed by atoms with van der Waals surface area (Å²) in [5, 5.41) is 6.67. The standard InChI is InChI=1S/C22H25N3O3S/c1-15-19(21(26)28-14-13-27-18-7-5-4-6-8-18)20(24-22(29)23-15)16-9-11-17(12-10-16)25(2)3/h4-12,20H,13-14H2,1-3H3,(H2,23,24,29). The summed E-state index contributed by atoms with van der Waals surface area (Å²) >= 11 is 5.29. The fraction of sp³-hybridized carbons (Fsp3) is 0.273. The van der Waals surface area contributed by atoms with Crippen molar-refractivity contribution < 1.29 is 14.3 Å². The second-order valence-corrected chi connectivity index (χ2v) is 7.26. The molecule has 0 saturated carbocycles. The lowest BCUT2D eigenvalue weighted by Crippen LogP contribution is -2.45. The van der Waals surface area contributed by atoms with Gasteiger partial charge in [0.2, 0.25) is 0 Å². The molecule has 152 valence electrons. The Labute approximate surface area is 176 Å². The zero-order chi connectivity index (χ0) is 20.8. The second-order valence-electron chi connectivity index (χ2n) is 6.85. The molecule has 0 saturated heterocycles. The van der Waals surface area contributed by atoms with E-state index >= 15 is 0 Å². The number of allylic oxidation sites excluding steroid dienone is 1. The maximum atomic E-state index is 12.8. The van der Waals surface area contributed by atoms with Crippen molar-refractivity contribution >= 4 is 29.0 Å². The van der Waals surface area contributed by atoms with Crippen LogP contribution in [0.25, 0.3) is 0 Å². The van der Waals surface area contributed by atoms with Crippen molar-refractivity contribution in [2.75, 3.05) is 32.2 Å². The number of carbonyl (C=O) groups is 1. The van der Waals surface area contributed by atoms with Gasteiger partial charge >= 0.3 is 5.97 Å². The largest absolute Gasteiger partial charge is 0.490 e. The lowest BCUT2D eigenvalue weighted by molar-refractivity contribution is -0.140. The third-order valence-electron chi connectivity index (χ3n) is 4.56. The summed E-state index contributed by atoms with van der Waals surface area (Å²) in [5.74, 6) is 0.340. The summed E-state index contributed by atoms with van der Waals surface area (Å²) in [5.41, 5.74) is 3.21.